The van der Waals surface area contributed by atoms with Crippen LogP contribution in [-0.4, -0.2) is 9.97 Å². The van der Waals surface area contributed by atoms with Crippen LogP contribution < -0.4 is 10.6 Å². The summed E-state index contributed by atoms with van der Waals surface area (Å²) in [4.78, 5) is 10.8. The van der Waals surface area contributed by atoms with Crippen LogP contribution in [0.15, 0.2) is 30.6 Å². The highest BCUT2D eigenvalue weighted by Gasteiger charge is 2.20. The van der Waals surface area contributed by atoms with E-state index in [1.807, 2.05) is 24.5 Å². The zero-order valence-corrected chi connectivity index (χ0v) is 11.3. The molecular weight excluding hydrogens is 327 g/mol. The van der Waals surface area contributed by atoms with Gasteiger partial charge in [0.15, 0.2) is 0 Å². The maximum absolute atomic E-state index is 5.78. The molecule has 0 amide bonds. The number of nitrogen functional groups attached to an aromatic ring is 1. The molecule has 0 bridgehead atoms. The molecule has 0 atom stereocenters. The number of rotatable bonds is 1. The topological polar surface area (TPSA) is 55.0 Å². The minimum Gasteiger partial charge on any atom is -0.399 e. The van der Waals surface area contributed by atoms with Gasteiger partial charge in [0, 0.05) is 34.7 Å². The Balaban J connectivity index is 1.88. The standard InChI is InChI=1S/C12H11IN4/c13-10-4-15-12(16-5-10)17-6-8-1-2-11(14)3-9(8)7-17/h1-5H,6-7,14H2. The molecule has 2 N–H and O–H groups in total. The number of anilines is 2. The normalized spacial score (nSPS) is 13.8. The summed E-state index contributed by atoms with van der Waals surface area (Å²) in [5.41, 5.74) is 9.18. The first-order chi connectivity index (χ1) is 8.22. The zero-order chi connectivity index (χ0) is 11.8. The van der Waals surface area contributed by atoms with Crippen molar-refractivity contribution < 1.29 is 0 Å². The largest absolute Gasteiger partial charge is 0.399 e. The van der Waals surface area contributed by atoms with E-state index in [-0.39, 0.29) is 0 Å². The number of nitrogens with two attached hydrogens (primary N) is 1. The fourth-order valence-electron chi connectivity index (χ4n) is 2.02. The first kappa shape index (κ1) is 10.8. The number of hydrogen-bond donors (Lipinski definition) is 1. The van der Waals surface area contributed by atoms with Crippen LogP contribution in [-0.2, 0) is 13.1 Å². The van der Waals surface area contributed by atoms with Crippen LogP contribution in [0.25, 0.3) is 0 Å². The average molecular weight is 338 g/mol. The van der Waals surface area contributed by atoms with Gasteiger partial charge in [0.05, 0.1) is 0 Å². The summed E-state index contributed by atoms with van der Waals surface area (Å²) in [6.45, 7) is 1.69. The second-order valence-electron chi connectivity index (χ2n) is 4.09. The first-order valence-corrected chi connectivity index (χ1v) is 6.40. The lowest BCUT2D eigenvalue weighted by molar-refractivity contribution is 0.826. The molecule has 0 unspecified atom stereocenters. The molecule has 0 saturated carbocycles. The molecule has 2 heterocycles. The van der Waals surface area contributed by atoms with Gasteiger partial charge in [-0.1, -0.05) is 6.07 Å². The number of halogens is 1. The Morgan fingerprint density at radius 2 is 1.82 bits per heavy atom. The van der Waals surface area contributed by atoms with E-state index in [0.717, 1.165) is 28.3 Å². The molecule has 17 heavy (non-hydrogen) atoms. The molecule has 5 heteroatoms. The van der Waals surface area contributed by atoms with Gasteiger partial charge in [0.25, 0.3) is 0 Å². The Labute approximate surface area is 113 Å². The van der Waals surface area contributed by atoms with Crippen LogP contribution in [0.5, 0.6) is 0 Å². The highest BCUT2D eigenvalue weighted by molar-refractivity contribution is 14.1. The third kappa shape index (κ3) is 2.06. The van der Waals surface area contributed by atoms with Gasteiger partial charge in [-0.25, -0.2) is 9.97 Å². The van der Waals surface area contributed by atoms with E-state index in [1.54, 1.807) is 0 Å². The summed E-state index contributed by atoms with van der Waals surface area (Å²) >= 11 is 2.20. The van der Waals surface area contributed by atoms with E-state index in [4.69, 9.17) is 5.73 Å². The van der Waals surface area contributed by atoms with Gasteiger partial charge in [-0.05, 0) is 45.9 Å². The van der Waals surface area contributed by atoms with Crippen molar-refractivity contribution in [2.75, 3.05) is 10.6 Å². The average Bonchev–Trinajstić information content (AvgIpc) is 2.72. The van der Waals surface area contributed by atoms with Crippen LogP contribution in [0.3, 0.4) is 0 Å². The van der Waals surface area contributed by atoms with Crippen molar-refractivity contribution in [1.29, 1.82) is 0 Å². The molecule has 0 spiro atoms. The van der Waals surface area contributed by atoms with Crippen LogP contribution >= 0.6 is 22.6 Å². The van der Waals surface area contributed by atoms with Gasteiger partial charge in [-0.3, -0.25) is 0 Å². The fraction of sp³-hybridized carbons (Fsp3) is 0.167. The Morgan fingerprint density at radius 3 is 2.59 bits per heavy atom. The molecular formula is C12H11IN4. The van der Waals surface area contributed by atoms with Crippen LogP contribution in [0, 0.1) is 3.57 Å². The van der Waals surface area contributed by atoms with Crippen LogP contribution in [0.2, 0.25) is 0 Å². The van der Waals surface area contributed by atoms with E-state index < -0.39 is 0 Å². The Morgan fingerprint density at radius 1 is 1.12 bits per heavy atom. The van der Waals surface area contributed by atoms with Gasteiger partial charge in [-0.15, -0.1) is 0 Å². The predicted molar refractivity (Wildman–Crippen MR) is 75.5 cm³/mol. The van der Waals surface area contributed by atoms with Crippen molar-refractivity contribution in [2.45, 2.75) is 13.1 Å². The second-order valence-corrected chi connectivity index (χ2v) is 5.33. The lowest BCUT2D eigenvalue weighted by Crippen LogP contribution is -2.17. The minimum absolute atomic E-state index is 0.778. The summed E-state index contributed by atoms with van der Waals surface area (Å²) in [6, 6.07) is 6.05. The van der Waals surface area contributed by atoms with Gasteiger partial charge < -0.3 is 10.6 Å². The Kier molecular flexibility index (Phi) is 2.62. The zero-order valence-electron chi connectivity index (χ0n) is 9.10. The van der Waals surface area contributed by atoms with Crippen LogP contribution in [0.4, 0.5) is 11.6 Å². The quantitative estimate of drug-likeness (QED) is 0.640. The van der Waals surface area contributed by atoms with Crippen molar-refractivity contribution in [3.63, 3.8) is 0 Å². The number of fused-ring (bicyclic) bond motifs is 1. The molecule has 86 valence electrons. The van der Waals surface area contributed by atoms with E-state index in [1.165, 1.54) is 11.1 Å². The maximum atomic E-state index is 5.78. The van der Waals surface area contributed by atoms with E-state index in [2.05, 4.69) is 43.5 Å². The van der Waals surface area contributed by atoms with Crippen molar-refractivity contribution in [2.24, 2.45) is 0 Å². The van der Waals surface area contributed by atoms with E-state index >= 15 is 0 Å². The number of aromatic nitrogens is 2. The molecule has 1 aliphatic heterocycles. The maximum Gasteiger partial charge on any atom is 0.225 e. The first-order valence-electron chi connectivity index (χ1n) is 5.32. The number of hydrogen-bond acceptors (Lipinski definition) is 4. The second kappa shape index (κ2) is 4.14. The van der Waals surface area contributed by atoms with Gasteiger partial charge in [0.1, 0.15) is 0 Å². The lowest BCUT2D eigenvalue weighted by Gasteiger charge is -2.14. The monoisotopic (exact) mass is 338 g/mol. The Hall–Kier alpha value is -1.37. The predicted octanol–water partition coefficient (Wildman–Crippen LogP) is 2.18. The van der Waals surface area contributed by atoms with Gasteiger partial charge in [-0.2, -0.15) is 0 Å². The summed E-state index contributed by atoms with van der Waals surface area (Å²) in [6.07, 6.45) is 3.67. The highest BCUT2D eigenvalue weighted by atomic mass is 127. The molecule has 1 aromatic carbocycles. The molecule has 0 radical (unpaired) electrons. The van der Waals surface area contributed by atoms with Crippen molar-refractivity contribution in [3.05, 3.63) is 45.3 Å². The highest BCUT2D eigenvalue weighted by Crippen LogP contribution is 2.27. The summed E-state index contributed by atoms with van der Waals surface area (Å²) in [5, 5.41) is 0. The summed E-state index contributed by atoms with van der Waals surface area (Å²) in [5.74, 6) is 0.778. The van der Waals surface area contributed by atoms with Crippen molar-refractivity contribution >= 4 is 34.2 Å². The molecule has 1 aliphatic rings. The molecule has 3 rings (SSSR count). The molecule has 0 fully saturated rings. The fourth-order valence-corrected chi connectivity index (χ4v) is 2.30. The van der Waals surface area contributed by atoms with E-state index in [0.29, 0.717) is 0 Å². The third-order valence-corrected chi connectivity index (χ3v) is 3.40. The van der Waals surface area contributed by atoms with Crippen LogP contribution in [0.1, 0.15) is 11.1 Å². The molecule has 2 aromatic rings. The van der Waals surface area contributed by atoms with Crippen molar-refractivity contribution in [1.82, 2.24) is 9.97 Å². The smallest absolute Gasteiger partial charge is 0.225 e. The Bertz CT molecular complexity index is 553. The van der Waals surface area contributed by atoms with E-state index in [9.17, 15) is 0 Å². The number of benzene rings is 1. The lowest BCUT2D eigenvalue weighted by atomic mass is 10.1. The molecule has 0 saturated heterocycles. The summed E-state index contributed by atoms with van der Waals surface area (Å²) < 4.78 is 1.05. The molecule has 1 aromatic heterocycles. The minimum atomic E-state index is 0.778. The summed E-state index contributed by atoms with van der Waals surface area (Å²) in [7, 11) is 0. The molecule has 0 aliphatic carbocycles. The number of nitrogens with zero attached hydrogens (tertiary/aromatic N) is 3. The molecule has 4 nitrogen and oxygen atoms in total. The van der Waals surface area contributed by atoms with Crippen molar-refractivity contribution in [3.8, 4) is 0 Å². The van der Waals surface area contributed by atoms with Gasteiger partial charge in [0.2, 0.25) is 5.95 Å². The third-order valence-electron chi connectivity index (χ3n) is 2.84. The SMILES string of the molecule is Nc1ccc2c(c1)CN(c1ncc(I)cn1)C2. The van der Waals surface area contributed by atoms with Gasteiger partial charge >= 0.3 is 0 Å².